The van der Waals surface area contributed by atoms with Crippen LogP contribution in [0.4, 0.5) is 0 Å². The van der Waals surface area contributed by atoms with E-state index in [1.54, 1.807) is 0 Å². The van der Waals surface area contributed by atoms with Gasteiger partial charge in [0.05, 0.1) is 44.5 Å². The Bertz CT molecular complexity index is 6140. The molecule has 123 heavy (non-hydrogen) atoms. The van der Waals surface area contributed by atoms with Crippen molar-refractivity contribution < 1.29 is 238 Å². The van der Waals surface area contributed by atoms with Crippen molar-refractivity contribution in [1.29, 1.82) is 0 Å². The maximum Gasteiger partial charge on any atom is 0.344 e. The molecule has 0 aromatic heterocycles. The number of aromatic hydroxyl groups is 26. The number of aliphatic hydroxyl groups excluding tert-OH is 1. The summed E-state index contributed by atoms with van der Waals surface area (Å²) in [6.07, 6.45) is -27.2. The molecule has 27 N–H and O–H groups in total. The Balaban J connectivity index is 0.880. The van der Waals surface area contributed by atoms with E-state index in [1.807, 2.05) is 0 Å². The van der Waals surface area contributed by atoms with E-state index in [0.717, 1.165) is 0 Å². The summed E-state index contributed by atoms with van der Waals surface area (Å²) in [7, 11) is 0. The number of aliphatic hydroxyl groups is 1. The van der Waals surface area contributed by atoms with E-state index in [2.05, 4.69) is 0 Å². The number of fused-ring (bicyclic) bond motifs is 13. The number of phenols is 26. The summed E-state index contributed by atoms with van der Waals surface area (Å²) in [4.78, 5) is 133. The number of cyclic esters (lactones) is 2. The third-order valence-electron chi connectivity index (χ3n) is 19.5. The molecule has 5 aliphatic heterocycles. The molecular weight excluding hydrogens is 1670 g/mol. The highest BCUT2D eigenvalue weighted by atomic mass is 16.8. The number of benzene rings is 9. The lowest BCUT2D eigenvalue weighted by Gasteiger charge is -2.43. The van der Waals surface area contributed by atoms with E-state index < -0.39 is 373 Å². The molecule has 0 radical (unpaired) electrons. The Morgan fingerprint density at radius 3 is 0.976 bits per heavy atom. The number of hydrogen-bond acceptors (Lipinski definition) is 48. The van der Waals surface area contributed by atoms with Crippen molar-refractivity contribution in [3.63, 3.8) is 0 Å². The molecule has 5 aliphatic rings. The van der Waals surface area contributed by atoms with Gasteiger partial charge in [0.1, 0.15) is 31.0 Å². The van der Waals surface area contributed by atoms with Gasteiger partial charge in [-0.1, -0.05) is 0 Å². The standard InChI is InChI=1S/C75H52O48/c76-23-1-14(2-24(77)42(23)86)65(102)119-62-60-35(13-113-67(104)16-5-27(80)44(88)51(95)36(16)37-17(70(107)118-60)6-28(81)45(89)52(37)96)116-75(64(62)122-66(103)15-3-25(78)43(87)26(79)4-15)123-73(110)22-10-32(85)49(93)57(101)58(22)114-33-11-21-41(56(100)50(33)94)40-18(7-29(82)48(92)55(40)99)69(106)117-59-34(12-112-68(21)105)115-74(111)63-61(59)120-71(108)19-8-30(83)46(90)53(97)38(19)39-20(72(109)121-63)9-31(84)47(91)54(39)98/h1-11,34-35,59-64,74-101,111H,12-13H2/t34-,35-,59+,60-,61+,62+,63-,64-,74-,75+/m1/s1. The second-order valence-electron chi connectivity index (χ2n) is 26.8. The van der Waals surface area contributed by atoms with E-state index in [-0.39, 0.29) is 24.3 Å². The van der Waals surface area contributed by atoms with Gasteiger partial charge in [0.15, 0.2) is 152 Å². The number of hydrogen-bond donors (Lipinski definition) is 27. The quantitative estimate of drug-likeness (QED) is 0.0591. The zero-order chi connectivity index (χ0) is 89.5. The topological polar surface area (TPSA) is 811 Å². The molecule has 48 nitrogen and oxygen atoms in total. The molecule has 0 unspecified atom stereocenters. The van der Waals surface area contributed by atoms with Crippen LogP contribution in [0.15, 0.2) is 66.7 Å². The van der Waals surface area contributed by atoms with Crippen LogP contribution in [0.3, 0.4) is 0 Å². The summed E-state index contributed by atoms with van der Waals surface area (Å²) in [5.41, 5.74) is -18.8. The van der Waals surface area contributed by atoms with Crippen LogP contribution in [0.2, 0.25) is 0 Å². The maximum absolute atomic E-state index is 15.4. The Hall–Kier alpha value is -17.3. The lowest BCUT2D eigenvalue weighted by molar-refractivity contribution is -0.284. The fourth-order valence-corrected chi connectivity index (χ4v) is 13.6. The maximum atomic E-state index is 15.4. The first-order chi connectivity index (χ1) is 57.9. The molecule has 0 bridgehead atoms. The molecule has 9 aromatic carbocycles. The van der Waals surface area contributed by atoms with Crippen molar-refractivity contribution in [3.05, 3.63) is 117 Å². The van der Waals surface area contributed by atoms with Crippen LogP contribution in [0.5, 0.6) is 161 Å². The first kappa shape index (κ1) is 82.2. The number of carbonyl (C=O) groups is 9. The first-order valence-electron chi connectivity index (χ1n) is 34.2. The monoisotopic (exact) mass is 1720 g/mol. The molecule has 0 spiro atoms. The van der Waals surface area contributed by atoms with E-state index in [9.17, 15) is 176 Å². The normalized spacial score (nSPS) is 20.4. The molecule has 640 valence electrons. The van der Waals surface area contributed by atoms with Gasteiger partial charge in [-0.2, -0.15) is 0 Å². The van der Waals surface area contributed by atoms with Gasteiger partial charge in [0, 0.05) is 45.5 Å². The minimum absolute atomic E-state index is 0.110. The van der Waals surface area contributed by atoms with Gasteiger partial charge in [-0.05, 0) is 54.6 Å². The van der Waals surface area contributed by atoms with Crippen LogP contribution in [0.25, 0.3) is 33.4 Å². The van der Waals surface area contributed by atoms with Crippen LogP contribution < -0.4 is 4.74 Å². The van der Waals surface area contributed by atoms with Crippen LogP contribution in [0, 0.1) is 0 Å². The molecule has 14 rings (SSSR count). The van der Waals surface area contributed by atoms with E-state index in [1.165, 1.54) is 0 Å². The van der Waals surface area contributed by atoms with Crippen LogP contribution in [-0.4, -0.2) is 266 Å². The summed E-state index contributed by atoms with van der Waals surface area (Å²) in [5.74, 6) is -60.1. The van der Waals surface area contributed by atoms with Crippen molar-refractivity contribution >= 4 is 53.7 Å². The fraction of sp³-hybridized carbons (Fsp3) is 0.160. The molecule has 2 saturated heterocycles. The number of ether oxygens (including phenoxy) is 12. The van der Waals surface area contributed by atoms with Crippen molar-refractivity contribution in [2.75, 3.05) is 13.2 Å². The average molecular weight is 1720 g/mol. The van der Waals surface area contributed by atoms with Gasteiger partial charge in [-0.15, -0.1) is 0 Å². The smallest absolute Gasteiger partial charge is 0.344 e. The van der Waals surface area contributed by atoms with Crippen molar-refractivity contribution in [3.8, 4) is 194 Å². The molecular formula is C75H52O48. The Morgan fingerprint density at radius 1 is 0.285 bits per heavy atom. The summed E-state index contributed by atoms with van der Waals surface area (Å²) in [6, 6.07) is 3.41. The molecule has 0 saturated carbocycles. The van der Waals surface area contributed by atoms with Gasteiger partial charge in [-0.3, -0.25) is 0 Å². The minimum Gasteiger partial charge on any atom is -0.504 e. The molecule has 2 fully saturated rings. The predicted molar refractivity (Wildman–Crippen MR) is 379 cm³/mol. The average Bonchev–Trinajstić information content (AvgIpc) is 1.47. The molecule has 5 heterocycles. The molecule has 0 aliphatic carbocycles. The van der Waals surface area contributed by atoms with Crippen molar-refractivity contribution in [2.45, 2.75) is 61.4 Å². The second-order valence-corrected chi connectivity index (χ2v) is 26.8. The highest BCUT2D eigenvalue weighted by Gasteiger charge is 2.58. The van der Waals surface area contributed by atoms with Gasteiger partial charge in [-0.25, -0.2) is 43.2 Å². The summed E-state index contributed by atoms with van der Waals surface area (Å²) in [5, 5.41) is 297. The largest absolute Gasteiger partial charge is 0.504 e. The Morgan fingerprint density at radius 2 is 0.585 bits per heavy atom. The number of phenolic OH excluding ortho intramolecular Hbond substituents is 26. The minimum atomic E-state index is -3.08. The van der Waals surface area contributed by atoms with E-state index in [4.69, 9.17) is 56.8 Å². The van der Waals surface area contributed by atoms with Crippen molar-refractivity contribution in [1.82, 2.24) is 0 Å². The number of esters is 9. The lowest BCUT2D eigenvalue weighted by atomic mass is 9.91. The fourth-order valence-electron chi connectivity index (χ4n) is 13.6. The molecule has 10 atom stereocenters. The molecule has 48 heteroatoms. The predicted octanol–water partition coefficient (Wildman–Crippen LogP) is 2.73. The zero-order valence-corrected chi connectivity index (χ0v) is 60.2. The van der Waals surface area contributed by atoms with Gasteiger partial charge >= 0.3 is 53.7 Å². The highest BCUT2D eigenvalue weighted by molar-refractivity contribution is 6.12. The van der Waals surface area contributed by atoms with Gasteiger partial charge < -0.3 is 195 Å². The zero-order valence-electron chi connectivity index (χ0n) is 60.2. The number of carbonyl (C=O) groups excluding carboxylic acids is 9. The van der Waals surface area contributed by atoms with Gasteiger partial charge in [0.2, 0.25) is 58.4 Å². The first-order valence-corrected chi connectivity index (χ1v) is 34.2. The summed E-state index contributed by atoms with van der Waals surface area (Å²) in [6.45, 7) is -3.06. The SMILES string of the molecule is O=C(O[C@@H]1[C@@H](OC(=O)c2cc(O)c(O)c(O)c2)[C@H](OC(=O)c2cc(O)c(O)c(O)c2Oc2cc3c(c(O)c2O)-c2c(cc(O)c(O)c2O)C(=O)O[C@@H]2[C@@H]4OC(=O)c5cc(O)c(O)c(O)c5-c5c(cc(O)c(O)c5O)C(=O)O[C@H]4[C@H](O)O[C@@H]2COC3=O)O[C@@H]2COC(=O)c3cc(O)c(O)c(O)c3-c3c(cc(O)c(O)c3O)C(=O)O[C@@H]12)c1cc(O)c(O)c(O)c1. The van der Waals surface area contributed by atoms with Crippen LogP contribution in [0.1, 0.15) is 93.2 Å². The molecule has 0 amide bonds. The second kappa shape index (κ2) is 30.0. The Kier molecular flexibility index (Phi) is 20.1. The van der Waals surface area contributed by atoms with Crippen LogP contribution in [-0.2, 0) is 52.1 Å². The third-order valence-corrected chi connectivity index (χ3v) is 19.5. The van der Waals surface area contributed by atoms with Gasteiger partial charge in [0.25, 0.3) is 0 Å². The number of rotatable bonds is 8. The summed E-state index contributed by atoms with van der Waals surface area (Å²) < 4.78 is 67.9. The molecule has 9 aromatic rings. The van der Waals surface area contributed by atoms with E-state index in [0.29, 0.717) is 42.5 Å². The summed E-state index contributed by atoms with van der Waals surface area (Å²) >= 11 is 0. The van der Waals surface area contributed by atoms with Crippen molar-refractivity contribution in [2.24, 2.45) is 0 Å². The lowest BCUT2D eigenvalue weighted by Crippen LogP contribution is -2.63. The highest BCUT2D eigenvalue weighted by Crippen LogP contribution is 2.59. The van der Waals surface area contributed by atoms with E-state index >= 15 is 4.79 Å². The van der Waals surface area contributed by atoms with Crippen LogP contribution >= 0.6 is 0 Å². The third kappa shape index (κ3) is 13.6. The Labute approximate surface area is 675 Å².